The Morgan fingerprint density at radius 1 is 1.00 bits per heavy atom. The highest BCUT2D eigenvalue weighted by Crippen LogP contribution is 2.51. The molecule has 2 heterocycles. The second kappa shape index (κ2) is 13.1. The van der Waals surface area contributed by atoms with Crippen LogP contribution >= 0.6 is 11.6 Å². The Balaban J connectivity index is 1.60. The van der Waals surface area contributed by atoms with Crippen LogP contribution in [0.4, 0.5) is 5.69 Å². The number of methoxy groups -OCH3 is 1. The van der Waals surface area contributed by atoms with E-state index in [4.69, 9.17) is 21.1 Å². The number of likely N-dealkylation sites (N-methyl/N-ethyl adjacent to an activating group) is 1. The van der Waals surface area contributed by atoms with Gasteiger partial charge < -0.3 is 19.7 Å². The number of halogens is 1. The van der Waals surface area contributed by atoms with E-state index in [0.717, 1.165) is 36.0 Å². The van der Waals surface area contributed by atoms with E-state index in [1.807, 2.05) is 39.8 Å². The summed E-state index contributed by atoms with van der Waals surface area (Å²) in [5.41, 5.74) is 0.340. The van der Waals surface area contributed by atoms with Crippen molar-refractivity contribution in [1.29, 1.82) is 0 Å². The van der Waals surface area contributed by atoms with Crippen molar-refractivity contribution in [2.75, 3.05) is 51.2 Å². The molecule has 0 aliphatic carbocycles. The molecule has 1 atom stereocenters. The highest BCUT2D eigenvalue weighted by atomic mass is 35.5. The van der Waals surface area contributed by atoms with Crippen molar-refractivity contribution in [3.63, 3.8) is 0 Å². The summed E-state index contributed by atoms with van der Waals surface area (Å²) < 4.78 is 40.9. The van der Waals surface area contributed by atoms with Crippen molar-refractivity contribution in [1.82, 2.24) is 15.1 Å². The van der Waals surface area contributed by atoms with Gasteiger partial charge in [0.05, 0.1) is 29.9 Å². The summed E-state index contributed by atoms with van der Waals surface area (Å²) in [5.74, 6) is -0.518. The predicted octanol–water partition coefficient (Wildman–Crippen LogP) is 5.06. The van der Waals surface area contributed by atoms with Crippen molar-refractivity contribution in [3.05, 3.63) is 81.9 Å². The number of benzene rings is 3. The lowest BCUT2D eigenvalue weighted by molar-refractivity contribution is -0.120. The number of nitrogens with zero attached hydrogens (tertiary/aromatic N) is 3. The van der Waals surface area contributed by atoms with Crippen molar-refractivity contribution in [2.24, 2.45) is 0 Å². The zero-order valence-electron chi connectivity index (χ0n) is 28.0. The van der Waals surface area contributed by atoms with Gasteiger partial charge >= 0.3 is 0 Å². The minimum atomic E-state index is -4.49. The first-order chi connectivity index (χ1) is 22.1. The summed E-state index contributed by atoms with van der Waals surface area (Å²) in [7, 11) is -1.03. The molecule has 1 unspecified atom stereocenters. The summed E-state index contributed by atoms with van der Waals surface area (Å²) in [4.78, 5) is 32.1. The maximum absolute atomic E-state index is 14.7. The molecule has 2 aliphatic rings. The second-order valence-electron chi connectivity index (χ2n) is 13.3. The molecule has 1 saturated heterocycles. The van der Waals surface area contributed by atoms with Crippen LogP contribution in [0.15, 0.2) is 59.5 Å². The van der Waals surface area contributed by atoms with Crippen molar-refractivity contribution in [2.45, 2.75) is 57.0 Å². The second-order valence-corrected chi connectivity index (χ2v) is 15.5. The number of hydrogen-bond donors (Lipinski definition) is 1. The third-order valence-electron chi connectivity index (χ3n) is 8.66. The molecule has 3 aromatic rings. The van der Waals surface area contributed by atoms with Crippen LogP contribution in [0.2, 0.25) is 5.02 Å². The van der Waals surface area contributed by atoms with Gasteiger partial charge in [0.1, 0.15) is 16.9 Å². The maximum atomic E-state index is 14.7. The van der Waals surface area contributed by atoms with Crippen molar-refractivity contribution >= 4 is 39.1 Å². The Bertz CT molecular complexity index is 1800. The molecular formula is C35H43ClN4O6S. The molecule has 47 heavy (non-hydrogen) atoms. The molecule has 2 amide bonds. The smallest absolute Gasteiger partial charge is 0.271 e. The lowest BCUT2D eigenvalue weighted by Gasteiger charge is -2.33. The summed E-state index contributed by atoms with van der Waals surface area (Å²) in [5, 5.41) is 3.22. The molecule has 12 heteroatoms. The van der Waals surface area contributed by atoms with Crippen LogP contribution in [0, 0.1) is 0 Å². The molecule has 252 valence electrons. The largest absolute Gasteiger partial charge is 0.496 e. The average Bonchev–Trinajstić information content (AvgIpc) is 3.25. The first-order valence-electron chi connectivity index (χ1n) is 15.7. The topological polar surface area (TPSA) is 108 Å². The Morgan fingerprint density at radius 2 is 1.70 bits per heavy atom. The quantitative estimate of drug-likeness (QED) is 0.334. The normalized spacial score (nSPS) is 19.1. The van der Waals surface area contributed by atoms with Crippen LogP contribution in [0.1, 0.15) is 61.7 Å². The van der Waals surface area contributed by atoms with Crippen LogP contribution < -0.4 is 19.1 Å². The molecule has 0 bridgehead atoms. The van der Waals surface area contributed by atoms with E-state index in [1.54, 1.807) is 31.2 Å². The monoisotopic (exact) mass is 682 g/mol. The van der Waals surface area contributed by atoms with Gasteiger partial charge in [0, 0.05) is 54.9 Å². The van der Waals surface area contributed by atoms with E-state index < -0.39 is 32.8 Å². The number of piperazine rings is 1. The Labute approximate surface area is 282 Å². The van der Waals surface area contributed by atoms with E-state index in [1.165, 1.54) is 25.3 Å². The summed E-state index contributed by atoms with van der Waals surface area (Å²) in [6.45, 7) is 13.9. The maximum Gasteiger partial charge on any atom is 0.271 e. The van der Waals surface area contributed by atoms with Gasteiger partial charge in [-0.05, 0) is 89.2 Å². The van der Waals surface area contributed by atoms with Gasteiger partial charge in [0.15, 0.2) is 0 Å². The van der Waals surface area contributed by atoms with E-state index in [9.17, 15) is 18.0 Å². The fraction of sp³-hybridized carbons (Fsp3) is 0.429. The lowest BCUT2D eigenvalue weighted by Crippen LogP contribution is -2.44. The minimum Gasteiger partial charge on any atom is -0.496 e. The minimum absolute atomic E-state index is 0.0637. The SMILES string of the molecule is CCOc1ccc2c(c1)C(C)(c1cc(CN3CCN(C)CC3)ccc1Cl)C(=O)N2S(=O)(=O)c1ccc(C(=O)NC(C)(C)C)c(OC)c1. The van der Waals surface area contributed by atoms with Gasteiger partial charge in [-0.15, -0.1) is 0 Å². The molecule has 0 saturated carbocycles. The highest BCUT2D eigenvalue weighted by Gasteiger charge is 2.54. The molecule has 1 fully saturated rings. The standard InChI is InChI=1S/C35H43ClN4O6S/c1-8-46-24-10-14-30-28(20-24)35(5,27-19-23(9-13-29(27)36)22-39-17-15-38(6)16-18-39)33(42)40(30)47(43,44)25-11-12-26(31(21-25)45-7)32(41)37-34(2,3)4/h9-14,19-21H,8,15-18,22H2,1-7H3,(H,37,41). The number of carbonyl (C=O) groups excluding carboxylic acids is 2. The molecule has 10 nitrogen and oxygen atoms in total. The van der Waals surface area contributed by atoms with E-state index in [2.05, 4.69) is 22.2 Å². The number of nitrogens with one attached hydrogen (secondary N) is 1. The van der Waals surface area contributed by atoms with Crippen molar-refractivity contribution in [3.8, 4) is 11.5 Å². The Kier molecular flexibility index (Phi) is 9.67. The van der Waals surface area contributed by atoms with Crippen LogP contribution in [0.3, 0.4) is 0 Å². The highest BCUT2D eigenvalue weighted by molar-refractivity contribution is 7.93. The number of anilines is 1. The number of hydrogen-bond acceptors (Lipinski definition) is 8. The number of ether oxygens (including phenoxy) is 2. The number of amides is 2. The van der Waals surface area contributed by atoms with E-state index in [0.29, 0.717) is 35.1 Å². The molecular weight excluding hydrogens is 640 g/mol. The third-order valence-corrected chi connectivity index (χ3v) is 10.7. The van der Waals surface area contributed by atoms with Gasteiger partial charge in [0.25, 0.3) is 21.8 Å². The zero-order valence-corrected chi connectivity index (χ0v) is 29.6. The van der Waals surface area contributed by atoms with Gasteiger partial charge in [-0.2, -0.15) is 0 Å². The first kappa shape index (κ1) is 34.7. The zero-order chi connectivity index (χ0) is 34.3. The number of rotatable bonds is 9. The summed E-state index contributed by atoms with van der Waals surface area (Å²) in [6.07, 6.45) is 0. The number of fused-ring (bicyclic) bond motifs is 1. The Morgan fingerprint density at radius 3 is 2.34 bits per heavy atom. The lowest BCUT2D eigenvalue weighted by atomic mass is 9.76. The molecule has 0 aromatic heterocycles. The molecule has 0 spiro atoms. The summed E-state index contributed by atoms with van der Waals surface area (Å²) >= 11 is 6.85. The van der Waals surface area contributed by atoms with Crippen LogP contribution in [0.5, 0.6) is 11.5 Å². The molecule has 0 radical (unpaired) electrons. The average molecular weight is 683 g/mol. The number of carbonyl (C=O) groups is 2. The molecule has 5 rings (SSSR count). The van der Waals surface area contributed by atoms with Gasteiger partial charge in [-0.1, -0.05) is 23.7 Å². The van der Waals surface area contributed by atoms with Crippen molar-refractivity contribution < 1.29 is 27.5 Å². The van der Waals surface area contributed by atoms with Gasteiger partial charge in [-0.25, -0.2) is 12.7 Å². The first-order valence-corrected chi connectivity index (χ1v) is 17.5. The fourth-order valence-electron chi connectivity index (χ4n) is 6.13. The van der Waals surface area contributed by atoms with Gasteiger partial charge in [-0.3, -0.25) is 14.5 Å². The predicted molar refractivity (Wildman–Crippen MR) is 183 cm³/mol. The fourth-order valence-corrected chi connectivity index (χ4v) is 7.96. The molecule has 3 aromatic carbocycles. The molecule has 1 N–H and O–H groups in total. The molecule has 2 aliphatic heterocycles. The van der Waals surface area contributed by atoms with Crippen LogP contribution in [-0.4, -0.2) is 82.5 Å². The van der Waals surface area contributed by atoms with Crippen LogP contribution in [-0.2, 0) is 26.8 Å². The van der Waals surface area contributed by atoms with E-state index in [-0.39, 0.29) is 21.9 Å². The van der Waals surface area contributed by atoms with Crippen LogP contribution in [0.25, 0.3) is 0 Å². The Hall–Kier alpha value is -3.64. The third kappa shape index (κ3) is 6.72. The van der Waals surface area contributed by atoms with Gasteiger partial charge in [0.2, 0.25) is 0 Å². The van der Waals surface area contributed by atoms with E-state index >= 15 is 0 Å². The summed E-state index contributed by atoms with van der Waals surface area (Å²) in [6, 6.07) is 14.6. The number of sulfonamides is 1.